The fourth-order valence-electron chi connectivity index (χ4n) is 3.71. The molecule has 0 amide bonds. The largest absolute Gasteiger partial charge is 0.493 e. The minimum absolute atomic E-state index is 0.0588. The maximum atomic E-state index is 13.8. The maximum absolute atomic E-state index is 13.8. The van der Waals surface area contributed by atoms with Crippen LogP contribution in [-0.4, -0.2) is 38.6 Å². The van der Waals surface area contributed by atoms with E-state index >= 15 is 0 Å². The molecule has 0 saturated carbocycles. The molecule has 0 unspecified atom stereocenters. The van der Waals surface area contributed by atoms with Crippen molar-refractivity contribution in [3.8, 4) is 5.75 Å². The molecular formula is C24H25F2NO4S2. The van der Waals surface area contributed by atoms with Gasteiger partial charge in [-0.25, -0.2) is 17.2 Å². The van der Waals surface area contributed by atoms with Crippen molar-refractivity contribution in [3.05, 3.63) is 82.1 Å². The van der Waals surface area contributed by atoms with Crippen LogP contribution in [0.25, 0.3) is 0 Å². The molecule has 5 nitrogen and oxygen atoms in total. The summed E-state index contributed by atoms with van der Waals surface area (Å²) in [5.74, 6) is -1.65. The van der Waals surface area contributed by atoms with Crippen LogP contribution in [0.15, 0.2) is 64.9 Å². The maximum Gasteiger partial charge on any atom is 0.243 e. The number of rotatable bonds is 10. The zero-order valence-electron chi connectivity index (χ0n) is 18.0. The molecule has 33 heavy (non-hydrogen) atoms. The van der Waals surface area contributed by atoms with E-state index in [0.717, 1.165) is 43.0 Å². The van der Waals surface area contributed by atoms with E-state index in [-0.39, 0.29) is 24.1 Å². The summed E-state index contributed by atoms with van der Waals surface area (Å²) in [6.45, 7) is 1.28. The predicted molar refractivity (Wildman–Crippen MR) is 123 cm³/mol. The summed E-state index contributed by atoms with van der Waals surface area (Å²) in [4.78, 5) is 0.939. The molecule has 0 bridgehead atoms. The van der Waals surface area contributed by atoms with Crippen LogP contribution in [-0.2, 0) is 27.7 Å². The quantitative estimate of drug-likeness (QED) is 0.398. The zero-order valence-corrected chi connectivity index (χ0v) is 19.6. The van der Waals surface area contributed by atoms with Crippen molar-refractivity contribution < 1.29 is 26.7 Å². The first-order valence-corrected chi connectivity index (χ1v) is 13.0. The summed E-state index contributed by atoms with van der Waals surface area (Å²) in [5.41, 5.74) is 0.729. The van der Waals surface area contributed by atoms with Gasteiger partial charge in [0, 0.05) is 31.0 Å². The molecule has 0 N–H and O–H groups in total. The molecule has 176 valence electrons. The first-order valence-electron chi connectivity index (χ1n) is 10.7. The van der Waals surface area contributed by atoms with Crippen LogP contribution in [0, 0.1) is 11.6 Å². The smallest absolute Gasteiger partial charge is 0.243 e. The molecule has 3 aromatic rings. The van der Waals surface area contributed by atoms with E-state index in [4.69, 9.17) is 9.47 Å². The standard InChI is InChI=1S/C24H25F2NO4S2/c25-23-9-8-22(15-24(23)26)33(28,29)27(17-20-6-2-11-30-20)16-18-4-1-5-19(14-18)31-12-10-21-7-3-13-32-21/h1,3-5,7-9,13-15,20H,2,6,10-12,16-17H2/t20-/m1/s1. The van der Waals surface area contributed by atoms with Crippen LogP contribution in [0.5, 0.6) is 5.75 Å². The topological polar surface area (TPSA) is 55.8 Å². The van der Waals surface area contributed by atoms with Gasteiger partial charge in [0.2, 0.25) is 10.0 Å². The Morgan fingerprint density at radius 3 is 2.70 bits per heavy atom. The lowest BCUT2D eigenvalue weighted by Gasteiger charge is -2.25. The number of ether oxygens (including phenoxy) is 2. The molecule has 1 aliphatic rings. The van der Waals surface area contributed by atoms with Crippen molar-refractivity contribution in [2.24, 2.45) is 0 Å². The average molecular weight is 494 g/mol. The summed E-state index contributed by atoms with van der Waals surface area (Å²) in [5, 5.41) is 2.02. The van der Waals surface area contributed by atoms with Gasteiger partial charge in [0.1, 0.15) is 5.75 Å². The van der Waals surface area contributed by atoms with Crippen molar-refractivity contribution >= 4 is 21.4 Å². The van der Waals surface area contributed by atoms with E-state index in [1.54, 1.807) is 17.4 Å². The Balaban J connectivity index is 1.51. The Morgan fingerprint density at radius 1 is 1.09 bits per heavy atom. The lowest BCUT2D eigenvalue weighted by Crippen LogP contribution is -2.37. The lowest BCUT2D eigenvalue weighted by molar-refractivity contribution is 0.0926. The van der Waals surface area contributed by atoms with Gasteiger partial charge >= 0.3 is 0 Å². The lowest BCUT2D eigenvalue weighted by atomic mass is 10.2. The average Bonchev–Trinajstić information content (AvgIpc) is 3.50. The minimum atomic E-state index is -4.08. The van der Waals surface area contributed by atoms with Crippen LogP contribution in [0.2, 0.25) is 0 Å². The molecule has 1 fully saturated rings. The molecule has 2 heterocycles. The number of hydrogen-bond acceptors (Lipinski definition) is 5. The third-order valence-corrected chi connectivity index (χ3v) is 8.16. The Morgan fingerprint density at radius 2 is 1.97 bits per heavy atom. The first kappa shape index (κ1) is 23.8. The molecule has 0 aliphatic carbocycles. The van der Waals surface area contributed by atoms with E-state index in [1.165, 1.54) is 9.18 Å². The van der Waals surface area contributed by atoms with Gasteiger partial charge in [0.25, 0.3) is 0 Å². The fourth-order valence-corrected chi connectivity index (χ4v) is 5.87. The number of nitrogens with zero attached hydrogens (tertiary/aromatic N) is 1. The number of sulfonamides is 1. The molecular weight excluding hydrogens is 468 g/mol. The SMILES string of the molecule is O=S(=O)(c1ccc(F)c(F)c1)N(Cc1cccc(OCCc2cccs2)c1)C[C@H]1CCCO1. The Labute approximate surface area is 196 Å². The third-order valence-electron chi connectivity index (χ3n) is 5.41. The van der Waals surface area contributed by atoms with Gasteiger partial charge in [-0.2, -0.15) is 4.31 Å². The highest BCUT2D eigenvalue weighted by Crippen LogP contribution is 2.25. The molecule has 9 heteroatoms. The molecule has 1 aliphatic heterocycles. The van der Waals surface area contributed by atoms with Crippen LogP contribution in [0.1, 0.15) is 23.3 Å². The second-order valence-corrected chi connectivity index (χ2v) is 10.8. The van der Waals surface area contributed by atoms with Crippen molar-refractivity contribution in [1.82, 2.24) is 4.31 Å². The van der Waals surface area contributed by atoms with E-state index in [2.05, 4.69) is 6.07 Å². The van der Waals surface area contributed by atoms with Crippen molar-refractivity contribution in [2.75, 3.05) is 19.8 Å². The van der Waals surface area contributed by atoms with Gasteiger partial charge in [-0.05, 0) is 60.2 Å². The van der Waals surface area contributed by atoms with Crippen molar-refractivity contribution in [3.63, 3.8) is 0 Å². The van der Waals surface area contributed by atoms with Crippen molar-refractivity contribution in [1.29, 1.82) is 0 Å². The van der Waals surface area contributed by atoms with E-state index in [1.807, 2.05) is 29.6 Å². The van der Waals surface area contributed by atoms with Gasteiger partial charge in [0.05, 0.1) is 17.6 Å². The van der Waals surface area contributed by atoms with Crippen LogP contribution >= 0.6 is 11.3 Å². The Kier molecular flexibility index (Phi) is 7.75. The van der Waals surface area contributed by atoms with Crippen LogP contribution in [0.4, 0.5) is 8.78 Å². The zero-order chi connectivity index (χ0) is 23.3. The second-order valence-electron chi connectivity index (χ2n) is 7.83. The minimum Gasteiger partial charge on any atom is -0.493 e. The molecule has 1 saturated heterocycles. The summed E-state index contributed by atoms with van der Waals surface area (Å²) in [7, 11) is -4.08. The molecule has 0 radical (unpaired) electrons. The van der Waals surface area contributed by atoms with Gasteiger partial charge < -0.3 is 9.47 Å². The first-order chi connectivity index (χ1) is 15.9. The summed E-state index contributed by atoms with van der Waals surface area (Å²) < 4.78 is 66.6. The van der Waals surface area contributed by atoms with Gasteiger partial charge in [-0.15, -0.1) is 11.3 Å². The Bertz CT molecular complexity index is 1160. The number of thiophene rings is 1. The summed E-state index contributed by atoms with van der Waals surface area (Å²) in [6, 6.07) is 13.9. The summed E-state index contributed by atoms with van der Waals surface area (Å²) >= 11 is 1.67. The number of halogens is 2. The predicted octanol–water partition coefficient (Wildman–Crippen LogP) is 5.02. The fraction of sp³-hybridized carbons (Fsp3) is 0.333. The van der Waals surface area contributed by atoms with Gasteiger partial charge in [-0.1, -0.05) is 18.2 Å². The normalized spacial score (nSPS) is 16.4. The molecule has 2 aromatic carbocycles. The highest BCUT2D eigenvalue weighted by molar-refractivity contribution is 7.89. The van der Waals surface area contributed by atoms with Crippen LogP contribution in [0.3, 0.4) is 0 Å². The number of benzene rings is 2. The van der Waals surface area contributed by atoms with Crippen LogP contribution < -0.4 is 4.74 Å². The monoisotopic (exact) mass is 493 g/mol. The molecule has 1 atom stereocenters. The van der Waals surface area contributed by atoms with E-state index in [0.29, 0.717) is 19.0 Å². The van der Waals surface area contributed by atoms with Gasteiger partial charge in [0.15, 0.2) is 11.6 Å². The second kappa shape index (κ2) is 10.7. The molecule has 4 rings (SSSR count). The van der Waals surface area contributed by atoms with E-state index in [9.17, 15) is 17.2 Å². The molecule has 0 spiro atoms. The highest BCUT2D eigenvalue weighted by atomic mass is 32.2. The summed E-state index contributed by atoms with van der Waals surface area (Å²) in [6.07, 6.45) is 2.15. The van der Waals surface area contributed by atoms with E-state index < -0.39 is 21.7 Å². The number of hydrogen-bond donors (Lipinski definition) is 0. The van der Waals surface area contributed by atoms with Crippen molar-refractivity contribution in [2.45, 2.75) is 36.8 Å². The Hall–Kier alpha value is -2.33. The van der Waals surface area contributed by atoms with Gasteiger partial charge in [-0.3, -0.25) is 0 Å². The highest BCUT2D eigenvalue weighted by Gasteiger charge is 2.30. The third kappa shape index (κ3) is 6.17. The molecule has 1 aromatic heterocycles.